The van der Waals surface area contributed by atoms with Crippen molar-refractivity contribution in [3.05, 3.63) is 30.4 Å². The molecule has 2 rings (SSSR count). The van der Waals surface area contributed by atoms with Crippen LogP contribution in [0.5, 0.6) is 11.5 Å². The number of hydrogen-bond donors (Lipinski definition) is 1. The second-order valence-corrected chi connectivity index (χ2v) is 5.61. The molecule has 0 atom stereocenters. The van der Waals surface area contributed by atoms with Crippen LogP contribution in [0.1, 0.15) is 6.92 Å². The van der Waals surface area contributed by atoms with Gasteiger partial charge in [0.1, 0.15) is 0 Å². The summed E-state index contributed by atoms with van der Waals surface area (Å²) >= 11 is 0. The van der Waals surface area contributed by atoms with Gasteiger partial charge < -0.3 is 9.47 Å². The highest BCUT2D eigenvalue weighted by atomic mass is 32.2. The van der Waals surface area contributed by atoms with Crippen molar-refractivity contribution in [2.24, 2.45) is 0 Å². The Balaban J connectivity index is 2.17. The Morgan fingerprint density at radius 3 is 2.82 bits per heavy atom. The van der Waals surface area contributed by atoms with Gasteiger partial charge in [-0.05, 0) is 19.1 Å². The van der Waals surface area contributed by atoms with Crippen molar-refractivity contribution in [3.8, 4) is 11.5 Å². The standard InChI is InChI=1S/C11H13NO4S/c1-8(2)6-17(13,14)12-9-3-4-10-11(5-9)16-7-15-10/h3-5,12H,1,6-7H2,2H3. The number of sulfonamides is 1. The number of benzene rings is 1. The lowest BCUT2D eigenvalue weighted by Gasteiger charge is -2.08. The fourth-order valence-electron chi connectivity index (χ4n) is 1.50. The maximum Gasteiger partial charge on any atom is 0.236 e. The predicted molar refractivity (Wildman–Crippen MR) is 64.8 cm³/mol. The molecule has 1 aromatic carbocycles. The molecule has 0 radical (unpaired) electrons. The third kappa shape index (κ3) is 2.91. The van der Waals surface area contributed by atoms with E-state index in [0.29, 0.717) is 22.8 Å². The van der Waals surface area contributed by atoms with Crippen molar-refractivity contribution >= 4 is 15.7 Å². The summed E-state index contributed by atoms with van der Waals surface area (Å²) < 4.78 is 36.1. The van der Waals surface area contributed by atoms with E-state index in [-0.39, 0.29) is 12.5 Å². The molecule has 0 saturated heterocycles. The van der Waals surface area contributed by atoms with E-state index in [9.17, 15) is 8.42 Å². The van der Waals surface area contributed by atoms with Gasteiger partial charge in [0.25, 0.3) is 0 Å². The summed E-state index contributed by atoms with van der Waals surface area (Å²) in [6, 6.07) is 4.89. The lowest BCUT2D eigenvalue weighted by Crippen LogP contribution is -2.16. The molecule has 5 nitrogen and oxygen atoms in total. The summed E-state index contributed by atoms with van der Waals surface area (Å²) in [4.78, 5) is 0. The first kappa shape index (κ1) is 11.8. The van der Waals surface area contributed by atoms with Gasteiger partial charge >= 0.3 is 0 Å². The number of anilines is 1. The zero-order valence-corrected chi connectivity index (χ0v) is 10.2. The highest BCUT2D eigenvalue weighted by Gasteiger charge is 2.16. The van der Waals surface area contributed by atoms with Crippen LogP contribution in [0.15, 0.2) is 30.4 Å². The van der Waals surface area contributed by atoms with Crippen LogP contribution in [0.4, 0.5) is 5.69 Å². The van der Waals surface area contributed by atoms with Gasteiger partial charge in [0.15, 0.2) is 11.5 Å². The van der Waals surface area contributed by atoms with Gasteiger partial charge in [-0.1, -0.05) is 12.2 Å². The normalized spacial score (nSPS) is 13.5. The van der Waals surface area contributed by atoms with Crippen LogP contribution in [-0.2, 0) is 10.0 Å². The number of fused-ring (bicyclic) bond motifs is 1. The highest BCUT2D eigenvalue weighted by Crippen LogP contribution is 2.34. The molecule has 1 N–H and O–H groups in total. The molecule has 0 bridgehead atoms. The summed E-state index contributed by atoms with van der Waals surface area (Å²) in [5.41, 5.74) is 1.04. The minimum atomic E-state index is -3.40. The molecule has 0 unspecified atom stereocenters. The van der Waals surface area contributed by atoms with Crippen LogP contribution in [0.3, 0.4) is 0 Å². The molecule has 92 valence electrons. The first-order chi connectivity index (χ1) is 7.96. The molecule has 1 aliphatic rings. The molecule has 0 aliphatic carbocycles. The lowest BCUT2D eigenvalue weighted by molar-refractivity contribution is 0.174. The summed E-state index contributed by atoms with van der Waals surface area (Å²) in [5.74, 6) is 1.06. The van der Waals surface area contributed by atoms with E-state index in [0.717, 1.165) is 0 Å². The van der Waals surface area contributed by atoms with E-state index in [1.54, 1.807) is 25.1 Å². The van der Waals surface area contributed by atoms with Crippen molar-refractivity contribution in [3.63, 3.8) is 0 Å². The van der Waals surface area contributed by atoms with E-state index in [1.807, 2.05) is 0 Å². The number of ether oxygens (including phenoxy) is 2. The Hall–Kier alpha value is -1.69. The van der Waals surface area contributed by atoms with Gasteiger partial charge in [-0.2, -0.15) is 0 Å². The topological polar surface area (TPSA) is 64.6 Å². The molecule has 1 heterocycles. The average molecular weight is 255 g/mol. The molecule has 0 amide bonds. The Labute approximate surface area is 100 Å². The van der Waals surface area contributed by atoms with Crippen LogP contribution < -0.4 is 14.2 Å². The molecule has 6 heteroatoms. The summed E-state index contributed by atoms with van der Waals surface area (Å²) in [6.07, 6.45) is 0. The third-order valence-electron chi connectivity index (χ3n) is 2.08. The van der Waals surface area contributed by atoms with E-state index in [1.165, 1.54) is 0 Å². The molecule has 0 spiro atoms. The van der Waals surface area contributed by atoms with E-state index < -0.39 is 10.0 Å². The van der Waals surface area contributed by atoms with Gasteiger partial charge in [0.05, 0.1) is 11.4 Å². The summed E-state index contributed by atoms with van der Waals surface area (Å²) in [7, 11) is -3.40. The highest BCUT2D eigenvalue weighted by molar-refractivity contribution is 7.92. The quantitative estimate of drug-likeness (QED) is 0.832. The smallest absolute Gasteiger partial charge is 0.236 e. The monoisotopic (exact) mass is 255 g/mol. The van der Waals surface area contributed by atoms with Gasteiger partial charge in [0, 0.05) is 6.07 Å². The lowest BCUT2D eigenvalue weighted by atomic mass is 10.3. The molecular formula is C11H13NO4S. The van der Waals surface area contributed by atoms with Crippen molar-refractivity contribution in [2.45, 2.75) is 6.92 Å². The molecular weight excluding hydrogens is 242 g/mol. The van der Waals surface area contributed by atoms with Crippen molar-refractivity contribution < 1.29 is 17.9 Å². The van der Waals surface area contributed by atoms with Crippen LogP contribution >= 0.6 is 0 Å². The molecule has 0 saturated carbocycles. The van der Waals surface area contributed by atoms with Gasteiger partial charge in [0.2, 0.25) is 16.8 Å². The van der Waals surface area contributed by atoms with Crippen molar-refractivity contribution in [1.29, 1.82) is 0 Å². The Bertz CT molecular complexity index is 551. The van der Waals surface area contributed by atoms with Gasteiger partial charge in [-0.3, -0.25) is 4.72 Å². The average Bonchev–Trinajstić information content (AvgIpc) is 2.61. The van der Waals surface area contributed by atoms with Crippen molar-refractivity contribution in [1.82, 2.24) is 0 Å². The van der Waals surface area contributed by atoms with Crippen LogP contribution in [0.2, 0.25) is 0 Å². The summed E-state index contributed by atoms with van der Waals surface area (Å²) in [6.45, 7) is 5.41. The Kier molecular flexibility index (Phi) is 2.97. The number of hydrogen-bond acceptors (Lipinski definition) is 4. The van der Waals surface area contributed by atoms with E-state index in [2.05, 4.69) is 11.3 Å². The van der Waals surface area contributed by atoms with Crippen LogP contribution in [0.25, 0.3) is 0 Å². The van der Waals surface area contributed by atoms with Crippen LogP contribution in [-0.4, -0.2) is 21.0 Å². The number of nitrogens with one attached hydrogen (secondary N) is 1. The molecule has 0 aromatic heterocycles. The first-order valence-corrected chi connectivity index (χ1v) is 6.66. The van der Waals surface area contributed by atoms with Gasteiger partial charge in [-0.15, -0.1) is 0 Å². The minimum Gasteiger partial charge on any atom is -0.454 e. The van der Waals surface area contributed by atoms with Gasteiger partial charge in [-0.25, -0.2) is 8.42 Å². The molecule has 17 heavy (non-hydrogen) atoms. The fourth-order valence-corrected chi connectivity index (χ4v) is 2.71. The predicted octanol–water partition coefficient (Wildman–Crippen LogP) is 1.73. The third-order valence-corrected chi connectivity index (χ3v) is 3.50. The minimum absolute atomic E-state index is 0.0958. The SMILES string of the molecule is C=C(C)CS(=O)(=O)Nc1ccc2c(c1)OCO2. The number of rotatable bonds is 4. The molecule has 1 aromatic rings. The van der Waals surface area contributed by atoms with E-state index >= 15 is 0 Å². The second kappa shape index (κ2) is 4.29. The zero-order valence-electron chi connectivity index (χ0n) is 9.39. The maximum absolute atomic E-state index is 11.7. The molecule has 1 aliphatic heterocycles. The second-order valence-electron chi connectivity index (χ2n) is 3.89. The van der Waals surface area contributed by atoms with Crippen molar-refractivity contribution in [2.75, 3.05) is 17.3 Å². The fraction of sp³-hybridized carbons (Fsp3) is 0.273. The summed E-state index contributed by atoms with van der Waals surface area (Å²) in [5, 5.41) is 0. The zero-order chi connectivity index (χ0) is 12.5. The first-order valence-electron chi connectivity index (χ1n) is 5.01. The van der Waals surface area contributed by atoms with Crippen LogP contribution in [0, 0.1) is 0 Å². The Morgan fingerprint density at radius 1 is 1.41 bits per heavy atom. The largest absolute Gasteiger partial charge is 0.454 e. The maximum atomic E-state index is 11.7. The molecule has 0 fully saturated rings. The van der Waals surface area contributed by atoms with E-state index in [4.69, 9.17) is 9.47 Å². The Morgan fingerprint density at radius 2 is 2.12 bits per heavy atom.